The predicted octanol–water partition coefficient (Wildman–Crippen LogP) is 4.77. The summed E-state index contributed by atoms with van der Waals surface area (Å²) >= 11 is 1.76. The lowest BCUT2D eigenvalue weighted by atomic mass is 9.49. The quantitative estimate of drug-likeness (QED) is 0.734. The number of carbonyl (C=O) groups is 2. The number of hydrogen-bond donors (Lipinski definition) is 1. The number of nitrogens with zero attached hydrogens (tertiary/aromatic N) is 1. The largest absolute Gasteiger partial charge is 0.354 e. The SMILES string of the molecule is O=C(NCCc1csc2ccccc12)C1CCCN1C(=O)C12CC3CC(CC(C3)C1)C2. The molecule has 1 unspecified atom stereocenters. The van der Waals surface area contributed by atoms with E-state index < -0.39 is 0 Å². The Morgan fingerprint density at radius 1 is 1.06 bits per heavy atom. The summed E-state index contributed by atoms with van der Waals surface area (Å²) in [5.41, 5.74) is 1.15. The average Bonchev–Trinajstić information content (AvgIpc) is 3.40. The second-order valence-corrected chi connectivity index (χ2v) is 11.6. The Labute approximate surface area is 188 Å². The molecule has 4 nitrogen and oxygen atoms in total. The molecule has 5 fully saturated rings. The number of likely N-dealkylation sites (tertiary alicyclic amines) is 1. The van der Waals surface area contributed by atoms with E-state index in [0.717, 1.165) is 62.8 Å². The van der Waals surface area contributed by atoms with Crippen LogP contribution in [0.5, 0.6) is 0 Å². The number of thiophene rings is 1. The van der Waals surface area contributed by atoms with Gasteiger partial charge in [-0.25, -0.2) is 0 Å². The van der Waals surface area contributed by atoms with Gasteiger partial charge in [0.2, 0.25) is 11.8 Å². The minimum absolute atomic E-state index is 0.0510. The Hall–Kier alpha value is -1.88. The van der Waals surface area contributed by atoms with Crippen molar-refractivity contribution in [2.75, 3.05) is 13.1 Å². The maximum Gasteiger partial charge on any atom is 0.242 e. The van der Waals surface area contributed by atoms with Crippen LogP contribution >= 0.6 is 11.3 Å². The zero-order chi connectivity index (χ0) is 21.0. The van der Waals surface area contributed by atoms with Crippen molar-refractivity contribution in [2.24, 2.45) is 23.2 Å². The van der Waals surface area contributed by atoms with E-state index in [1.54, 1.807) is 11.3 Å². The highest BCUT2D eigenvalue weighted by Crippen LogP contribution is 2.60. The van der Waals surface area contributed by atoms with Crippen molar-refractivity contribution in [3.05, 3.63) is 35.2 Å². The molecule has 5 aliphatic rings. The minimum Gasteiger partial charge on any atom is -0.354 e. The predicted molar refractivity (Wildman–Crippen MR) is 124 cm³/mol. The minimum atomic E-state index is -0.264. The molecule has 4 saturated carbocycles. The maximum atomic E-state index is 13.8. The Balaban J connectivity index is 1.11. The molecular weight excluding hydrogens is 404 g/mol. The first-order valence-electron chi connectivity index (χ1n) is 12.2. The van der Waals surface area contributed by atoms with Gasteiger partial charge in [0.1, 0.15) is 6.04 Å². The molecule has 2 amide bonds. The Morgan fingerprint density at radius 3 is 2.52 bits per heavy atom. The summed E-state index contributed by atoms with van der Waals surface area (Å²) in [6.45, 7) is 1.39. The molecule has 7 rings (SSSR count). The number of carbonyl (C=O) groups excluding carboxylic acids is 2. The molecule has 1 aromatic heterocycles. The first-order chi connectivity index (χ1) is 15.1. The zero-order valence-corrected chi connectivity index (χ0v) is 19.0. The van der Waals surface area contributed by atoms with Gasteiger partial charge in [0, 0.05) is 17.8 Å². The number of fused-ring (bicyclic) bond motifs is 1. The second-order valence-electron chi connectivity index (χ2n) is 10.7. The molecular formula is C26H32N2O2S. The van der Waals surface area contributed by atoms with Crippen molar-refractivity contribution in [3.8, 4) is 0 Å². The molecule has 1 atom stereocenters. The first kappa shape index (κ1) is 19.8. The molecule has 1 aromatic carbocycles. The normalized spacial score (nSPS) is 33.9. The zero-order valence-electron chi connectivity index (χ0n) is 18.1. The van der Waals surface area contributed by atoms with E-state index in [4.69, 9.17) is 0 Å². The lowest BCUT2D eigenvalue weighted by Gasteiger charge is -2.56. The molecule has 2 aromatic rings. The van der Waals surface area contributed by atoms with Gasteiger partial charge < -0.3 is 10.2 Å². The van der Waals surface area contributed by atoms with Gasteiger partial charge >= 0.3 is 0 Å². The fourth-order valence-electron chi connectivity index (χ4n) is 7.62. The van der Waals surface area contributed by atoms with Crippen LogP contribution in [0, 0.1) is 23.2 Å². The van der Waals surface area contributed by atoms with Gasteiger partial charge in [0.15, 0.2) is 0 Å². The number of hydrogen-bond acceptors (Lipinski definition) is 3. The number of nitrogens with one attached hydrogen (secondary N) is 1. The van der Waals surface area contributed by atoms with Gasteiger partial charge in [-0.05, 0) is 97.9 Å². The van der Waals surface area contributed by atoms with E-state index in [2.05, 4.69) is 35.0 Å². The number of benzene rings is 1. The highest BCUT2D eigenvalue weighted by Gasteiger charge is 2.56. The fraction of sp³-hybridized carbons (Fsp3) is 0.615. The third kappa shape index (κ3) is 3.40. The molecule has 0 spiro atoms. The topological polar surface area (TPSA) is 49.4 Å². The van der Waals surface area contributed by atoms with E-state index in [1.165, 1.54) is 34.9 Å². The van der Waals surface area contributed by atoms with Crippen LogP contribution in [0.1, 0.15) is 56.9 Å². The molecule has 1 N–H and O–H groups in total. The smallest absolute Gasteiger partial charge is 0.242 e. The highest BCUT2D eigenvalue weighted by molar-refractivity contribution is 7.17. The molecule has 0 radical (unpaired) electrons. The molecule has 164 valence electrons. The van der Waals surface area contributed by atoms with Gasteiger partial charge in [-0.1, -0.05) is 18.2 Å². The molecule has 31 heavy (non-hydrogen) atoms. The molecule has 5 heteroatoms. The molecule has 1 aliphatic heterocycles. The third-order valence-electron chi connectivity index (χ3n) is 8.56. The van der Waals surface area contributed by atoms with Gasteiger partial charge in [-0.2, -0.15) is 0 Å². The summed E-state index contributed by atoms with van der Waals surface area (Å²) in [4.78, 5) is 28.8. The van der Waals surface area contributed by atoms with Crippen LogP contribution < -0.4 is 5.32 Å². The van der Waals surface area contributed by atoms with Gasteiger partial charge in [0.05, 0.1) is 5.41 Å². The lowest BCUT2D eigenvalue weighted by Crippen LogP contribution is -2.57. The van der Waals surface area contributed by atoms with Crippen LogP contribution in [0.4, 0.5) is 0 Å². The van der Waals surface area contributed by atoms with E-state index in [-0.39, 0.29) is 17.4 Å². The number of amides is 2. The van der Waals surface area contributed by atoms with Gasteiger partial charge in [0.25, 0.3) is 0 Å². The van der Waals surface area contributed by atoms with Gasteiger partial charge in [-0.15, -0.1) is 11.3 Å². The van der Waals surface area contributed by atoms with Crippen molar-refractivity contribution in [1.29, 1.82) is 0 Å². The van der Waals surface area contributed by atoms with Crippen LogP contribution in [0.3, 0.4) is 0 Å². The molecule has 4 aliphatic carbocycles. The summed E-state index contributed by atoms with van der Waals surface area (Å²) in [7, 11) is 0. The van der Waals surface area contributed by atoms with E-state index >= 15 is 0 Å². The van der Waals surface area contributed by atoms with Crippen LogP contribution in [-0.2, 0) is 16.0 Å². The Morgan fingerprint density at radius 2 is 1.77 bits per heavy atom. The molecule has 1 saturated heterocycles. The maximum absolute atomic E-state index is 13.8. The first-order valence-corrected chi connectivity index (χ1v) is 13.0. The van der Waals surface area contributed by atoms with Crippen molar-refractivity contribution in [1.82, 2.24) is 10.2 Å². The highest BCUT2D eigenvalue weighted by atomic mass is 32.1. The van der Waals surface area contributed by atoms with Crippen molar-refractivity contribution in [2.45, 2.75) is 63.8 Å². The van der Waals surface area contributed by atoms with Crippen LogP contribution in [0.2, 0.25) is 0 Å². The van der Waals surface area contributed by atoms with Crippen LogP contribution in [-0.4, -0.2) is 35.8 Å². The average molecular weight is 437 g/mol. The van der Waals surface area contributed by atoms with Crippen LogP contribution in [0.15, 0.2) is 29.6 Å². The van der Waals surface area contributed by atoms with Crippen LogP contribution in [0.25, 0.3) is 10.1 Å². The Kier molecular flexibility index (Phi) is 4.86. The summed E-state index contributed by atoms with van der Waals surface area (Å²) in [5.74, 6) is 2.63. The Bertz CT molecular complexity index is 976. The second kappa shape index (κ2) is 7.61. The van der Waals surface area contributed by atoms with Crippen molar-refractivity contribution < 1.29 is 9.59 Å². The van der Waals surface area contributed by atoms with E-state index in [0.29, 0.717) is 12.5 Å². The van der Waals surface area contributed by atoms with E-state index in [1.807, 2.05) is 4.90 Å². The summed E-state index contributed by atoms with van der Waals surface area (Å²) in [6.07, 6.45) is 9.85. The fourth-order valence-corrected chi connectivity index (χ4v) is 8.62. The van der Waals surface area contributed by atoms with Crippen molar-refractivity contribution >= 4 is 33.2 Å². The standard InChI is InChI=1S/C26H32N2O2S/c29-24(27-8-7-20-16-31-23-6-2-1-4-21(20)23)22-5-3-9-28(22)25(30)26-13-17-10-18(14-26)12-19(11-17)15-26/h1-2,4,6,16-19,22H,3,5,7-15H2,(H,27,29). The van der Waals surface area contributed by atoms with Crippen molar-refractivity contribution in [3.63, 3.8) is 0 Å². The summed E-state index contributed by atoms with van der Waals surface area (Å²) in [6, 6.07) is 8.18. The molecule has 2 heterocycles. The van der Waals surface area contributed by atoms with E-state index in [9.17, 15) is 9.59 Å². The third-order valence-corrected chi connectivity index (χ3v) is 9.58. The summed E-state index contributed by atoms with van der Waals surface area (Å²) in [5, 5.41) is 6.65. The molecule has 4 bridgehead atoms. The lowest BCUT2D eigenvalue weighted by molar-refractivity contribution is -0.160. The summed E-state index contributed by atoms with van der Waals surface area (Å²) < 4.78 is 1.30. The number of rotatable bonds is 5. The van der Waals surface area contributed by atoms with Gasteiger partial charge in [-0.3, -0.25) is 9.59 Å². The monoisotopic (exact) mass is 436 g/mol.